The molecule has 1 aromatic carbocycles. The minimum atomic E-state index is -0.160. The number of benzene rings is 1. The zero-order valence-corrected chi connectivity index (χ0v) is 14.8. The van der Waals surface area contributed by atoms with E-state index >= 15 is 0 Å². The van der Waals surface area contributed by atoms with Crippen molar-refractivity contribution in [3.8, 4) is 0 Å². The summed E-state index contributed by atoms with van der Waals surface area (Å²) < 4.78 is 0. The molecule has 1 unspecified atom stereocenters. The Bertz CT molecular complexity index is 504. The van der Waals surface area contributed by atoms with Gasteiger partial charge < -0.3 is 16.4 Å². The third kappa shape index (κ3) is 6.89. The van der Waals surface area contributed by atoms with Gasteiger partial charge in [0.2, 0.25) is 11.8 Å². The molecule has 0 heterocycles. The second kappa shape index (κ2) is 11.0. The molecule has 0 aliphatic heterocycles. The number of nitrogens with two attached hydrogens (primary N) is 1. The van der Waals surface area contributed by atoms with Crippen LogP contribution in [0.5, 0.6) is 0 Å². The summed E-state index contributed by atoms with van der Waals surface area (Å²) in [6.07, 6.45) is 6.25. The number of amides is 2. The summed E-state index contributed by atoms with van der Waals surface area (Å²) in [6, 6.07) is 9.51. The zero-order valence-electron chi connectivity index (χ0n) is 14.0. The van der Waals surface area contributed by atoms with Crippen molar-refractivity contribution in [3.63, 3.8) is 0 Å². The Kier molecular flexibility index (Phi) is 9.42. The molecule has 1 aliphatic carbocycles. The lowest BCUT2D eigenvalue weighted by Crippen LogP contribution is -2.49. The minimum absolute atomic E-state index is 0. The maximum atomic E-state index is 12.0. The average Bonchev–Trinajstić information content (AvgIpc) is 2.59. The molecule has 1 fully saturated rings. The summed E-state index contributed by atoms with van der Waals surface area (Å²) in [5.41, 5.74) is 6.75. The van der Waals surface area contributed by atoms with Crippen LogP contribution in [0, 0.1) is 5.92 Å². The Labute approximate surface area is 150 Å². The Morgan fingerprint density at radius 2 is 1.75 bits per heavy atom. The molecule has 1 atom stereocenters. The summed E-state index contributed by atoms with van der Waals surface area (Å²) in [5, 5.41) is 5.65. The summed E-state index contributed by atoms with van der Waals surface area (Å²) in [4.78, 5) is 23.9. The molecule has 6 heteroatoms. The molecule has 1 aromatic rings. The Hall–Kier alpha value is -1.59. The van der Waals surface area contributed by atoms with E-state index in [1.54, 1.807) is 0 Å². The molecule has 0 saturated heterocycles. The predicted molar refractivity (Wildman–Crippen MR) is 98.0 cm³/mol. The number of carbonyl (C=O) groups excluding carboxylic acids is 2. The number of hydrogen-bond acceptors (Lipinski definition) is 3. The van der Waals surface area contributed by atoms with Crippen molar-refractivity contribution in [2.75, 3.05) is 13.1 Å². The lowest BCUT2D eigenvalue weighted by molar-refractivity contribution is -0.126. The lowest BCUT2D eigenvalue weighted by atomic mass is 9.84. The van der Waals surface area contributed by atoms with E-state index in [-0.39, 0.29) is 43.2 Å². The molecule has 4 N–H and O–H groups in total. The highest BCUT2D eigenvalue weighted by atomic mass is 35.5. The number of nitrogens with one attached hydrogen (secondary N) is 2. The normalized spacial score (nSPS) is 15.9. The first-order valence-corrected chi connectivity index (χ1v) is 8.49. The fourth-order valence-electron chi connectivity index (χ4n) is 3.19. The third-order valence-electron chi connectivity index (χ3n) is 4.47. The van der Waals surface area contributed by atoms with Gasteiger partial charge in [0.25, 0.3) is 0 Å². The summed E-state index contributed by atoms with van der Waals surface area (Å²) in [5.74, 6) is 0.165. The van der Waals surface area contributed by atoms with E-state index in [4.69, 9.17) is 5.73 Å². The van der Waals surface area contributed by atoms with E-state index in [9.17, 15) is 9.59 Å². The molecule has 134 valence electrons. The fraction of sp³-hybridized carbons (Fsp3) is 0.556. The summed E-state index contributed by atoms with van der Waals surface area (Å²) in [6.45, 7) is 0.462. The average molecular weight is 354 g/mol. The van der Waals surface area contributed by atoms with Crippen LogP contribution in [0.3, 0.4) is 0 Å². The van der Waals surface area contributed by atoms with Gasteiger partial charge in [0.15, 0.2) is 0 Å². The molecule has 5 nitrogen and oxygen atoms in total. The van der Waals surface area contributed by atoms with E-state index in [0.717, 1.165) is 18.4 Å². The van der Waals surface area contributed by atoms with Crippen molar-refractivity contribution in [2.24, 2.45) is 11.7 Å². The smallest absolute Gasteiger partial charge is 0.239 e. The molecule has 0 aromatic heterocycles. The second-order valence-electron chi connectivity index (χ2n) is 6.25. The van der Waals surface area contributed by atoms with Crippen molar-refractivity contribution in [1.29, 1.82) is 0 Å². The number of halogens is 1. The molecule has 2 amide bonds. The highest BCUT2D eigenvalue weighted by molar-refractivity contribution is 5.86. The van der Waals surface area contributed by atoms with Gasteiger partial charge in [-0.15, -0.1) is 12.4 Å². The minimum Gasteiger partial charge on any atom is -0.350 e. The van der Waals surface area contributed by atoms with Crippen LogP contribution < -0.4 is 16.4 Å². The lowest BCUT2D eigenvalue weighted by Gasteiger charge is -2.30. The zero-order chi connectivity index (χ0) is 16.5. The van der Waals surface area contributed by atoms with E-state index in [0.29, 0.717) is 12.5 Å². The van der Waals surface area contributed by atoms with E-state index in [2.05, 4.69) is 10.6 Å². The third-order valence-corrected chi connectivity index (χ3v) is 4.47. The molecule has 2 rings (SSSR count). The van der Waals surface area contributed by atoms with Gasteiger partial charge >= 0.3 is 0 Å². The topological polar surface area (TPSA) is 84.2 Å². The van der Waals surface area contributed by atoms with Crippen LogP contribution in [0.25, 0.3) is 0 Å². The van der Waals surface area contributed by atoms with Crippen molar-refractivity contribution < 1.29 is 9.59 Å². The molecule has 24 heavy (non-hydrogen) atoms. The number of rotatable bonds is 7. The Morgan fingerprint density at radius 1 is 1.08 bits per heavy atom. The molecule has 1 aliphatic rings. The fourth-order valence-corrected chi connectivity index (χ4v) is 3.19. The quantitative estimate of drug-likeness (QED) is 0.698. The van der Waals surface area contributed by atoms with Gasteiger partial charge in [-0.1, -0.05) is 49.6 Å². The van der Waals surface area contributed by atoms with Crippen molar-refractivity contribution in [2.45, 2.75) is 44.6 Å². The maximum absolute atomic E-state index is 12.0. The highest BCUT2D eigenvalue weighted by Gasteiger charge is 2.23. The largest absolute Gasteiger partial charge is 0.350 e. The summed E-state index contributed by atoms with van der Waals surface area (Å²) >= 11 is 0. The molecule has 0 radical (unpaired) electrons. The first-order valence-electron chi connectivity index (χ1n) is 8.49. The van der Waals surface area contributed by atoms with E-state index < -0.39 is 0 Å². The molecule has 0 bridgehead atoms. The van der Waals surface area contributed by atoms with Gasteiger partial charge in [-0.2, -0.15) is 0 Å². The van der Waals surface area contributed by atoms with Crippen molar-refractivity contribution in [3.05, 3.63) is 35.9 Å². The van der Waals surface area contributed by atoms with Gasteiger partial charge in [-0.25, -0.2) is 0 Å². The first kappa shape index (κ1) is 20.5. The summed E-state index contributed by atoms with van der Waals surface area (Å²) in [7, 11) is 0. The van der Waals surface area contributed by atoms with Crippen LogP contribution in [0.4, 0.5) is 0 Å². The highest BCUT2D eigenvalue weighted by Crippen LogP contribution is 2.26. The molecule has 0 spiro atoms. The van der Waals surface area contributed by atoms with Crippen LogP contribution in [-0.4, -0.2) is 30.9 Å². The molecular formula is C18H28ClN3O2. The number of hydrogen-bond donors (Lipinski definition) is 3. The van der Waals surface area contributed by atoms with E-state index in [1.165, 1.54) is 19.3 Å². The van der Waals surface area contributed by atoms with Gasteiger partial charge in [-0.05, 0) is 24.3 Å². The van der Waals surface area contributed by atoms with Crippen molar-refractivity contribution >= 4 is 24.2 Å². The predicted octanol–water partition coefficient (Wildman–Crippen LogP) is 1.79. The SMILES string of the molecule is Cl.NCC(NC(=O)CNC(=O)Cc1ccccc1)C1CCCCC1. The number of carbonyl (C=O) groups is 2. The van der Waals surface area contributed by atoms with Gasteiger partial charge in [0.1, 0.15) is 0 Å². The maximum Gasteiger partial charge on any atom is 0.239 e. The van der Waals surface area contributed by atoms with Gasteiger partial charge in [0, 0.05) is 12.6 Å². The van der Waals surface area contributed by atoms with Crippen LogP contribution in [0.1, 0.15) is 37.7 Å². The Balaban J connectivity index is 0.00000288. The standard InChI is InChI=1S/C18H27N3O2.ClH/c19-12-16(15-9-5-2-6-10-15)21-18(23)13-20-17(22)11-14-7-3-1-4-8-14;/h1,3-4,7-8,15-16H,2,5-6,9-13,19H2,(H,20,22)(H,21,23);1H. The Morgan fingerprint density at radius 3 is 2.38 bits per heavy atom. The van der Waals surface area contributed by atoms with Crippen LogP contribution in [0.15, 0.2) is 30.3 Å². The van der Waals surface area contributed by atoms with Crippen LogP contribution >= 0.6 is 12.4 Å². The van der Waals surface area contributed by atoms with E-state index in [1.807, 2.05) is 30.3 Å². The van der Waals surface area contributed by atoms with Crippen LogP contribution in [0.2, 0.25) is 0 Å². The monoisotopic (exact) mass is 353 g/mol. The van der Waals surface area contributed by atoms with Crippen LogP contribution in [-0.2, 0) is 16.0 Å². The van der Waals surface area contributed by atoms with Gasteiger partial charge in [-0.3, -0.25) is 9.59 Å². The molecule has 1 saturated carbocycles. The van der Waals surface area contributed by atoms with Crippen molar-refractivity contribution in [1.82, 2.24) is 10.6 Å². The first-order chi connectivity index (χ1) is 11.2. The molecular weight excluding hydrogens is 326 g/mol. The second-order valence-corrected chi connectivity index (χ2v) is 6.25. The van der Waals surface area contributed by atoms with Gasteiger partial charge in [0.05, 0.1) is 13.0 Å².